The molecule has 3 nitrogen and oxygen atoms in total. The SMILES string of the molecule is O=C(CNC(c1ccc(F)cc1)c1cccs1)Nc1cccc(I)c1. The van der Waals surface area contributed by atoms with E-state index in [4.69, 9.17) is 0 Å². The normalized spacial score (nSPS) is 11.9. The molecule has 6 heteroatoms. The Balaban J connectivity index is 1.68. The zero-order valence-electron chi connectivity index (χ0n) is 13.2. The van der Waals surface area contributed by atoms with Crippen LogP contribution in [0.4, 0.5) is 10.1 Å². The minimum atomic E-state index is -0.273. The molecule has 0 saturated carbocycles. The third-order valence-electron chi connectivity index (χ3n) is 3.61. The molecule has 0 fully saturated rings. The summed E-state index contributed by atoms with van der Waals surface area (Å²) in [5.41, 5.74) is 1.69. The minimum absolute atomic E-state index is 0.120. The first kappa shape index (κ1) is 18.0. The van der Waals surface area contributed by atoms with Crippen molar-refractivity contribution < 1.29 is 9.18 Å². The molecule has 0 radical (unpaired) electrons. The first-order chi connectivity index (χ1) is 12.1. The van der Waals surface area contributed by atoms with Crippen molar-refractivity contribution in [3.05, 3.63) is 85.9 Å². The van der Waals surface area contributed by atoms with Gasteiger partial charge in [0.2, 0.25) is 5.91 Å². The Hall–Kier alpha value is -1.77. The zero-order chi connectivity index (χ0) is 17.6. The van der Waals surface area contributed by atoms with Crippen LogP contribution in [0.2, 0.25) is 0 Å². The van der Waals surface area contributed by atoms with Crippen molar-refractivity contribution in [1.29, 1.82) is 0 Å². The fraction of sp³-hybridized carbons (Fsp3) is 0.105. The number of carbonyl (C=O) groups is 1. The number of amides is 1. The van der Waals surface area contributed by atoms with Gasteiger partial charge in [-0.3, -0.25) is 10.1 Å². The van der Waals surface area contributed by atoms with Crippen LogP contribution >= 0.6 is 33.9 Å². The molecule has 0 saturated heterocycles. The molecular weight excluding hydrogens is 450 g/mol. The van der Waals surface area contributed by atoms with E-state index in [2.05, 4.69) is 33.2 Å². The van der Waals surface area contributed by atoms with E-state index in [0.29, 0.717) is 0 Å². The minimum Gasteiger partial charge on any atom is -0.325 e. The van der Waals surface area contributed by atoms with Crippen molar-refractivity contribution in [1.82, 2.24) is 5.32 Å². The Kier molecular flexibility index (Phi) is 6.17. The zero-order valence-corrected chi connectivity index (χ0v) is 16.2. The Morgan fingerprint density at radius 1 is 1.12 bits per heavy atom. The van der Waals surface area contributed by atoms with Gasteiger partial charge in [-0.2, -0.15) is 0 Å². The van der Waals surface area contributed by atoms with E-state index in [1.807, 2.05) is 41.8 Å². The summed E-state index contributed by atoms with van der Waals surface area (Å²) in [6, 6.07) is 17.8. The molecule has 0 spiro atoms. The van der Waals surface area contributed by atoms with Crippen LogP contribution in [0.5, 0.6) is 0 Å². The highest BCUT2D eigenvalue weighted by atomic mass is 127. The smallest absolute Gasteiger partial charge is 0.238 e. The maximum atomic E-state index is 13.2. The summed E-state index contributed by atoms with van der Waals surface area (Å²) in [5.74, 6) is -0.393. The monoisotopic (exact) mass is 466 g/mol. The van der Waals surface area contributed by atoms with Crippen LogP contribution in [0.1, 0.15) is 16.5 Å². The van der Waals surface area contributed by atoms with Crippen LogP contribution < -0.4 is 10.6 Å². The van der Waals surface area contributed by atoms with E-state index in [1.165, 1.54) is 12.1 Å². The molecule has 2 N–H and O–H groups in total. The quantitative estimate of drug-likeness (QED) is 0.512. The van der Waals surface area contributed by atoms with E-state index in [-0.39, 0.29) is 24.3 Å². The van der Waals surface area contributed by atoms with E-state index in [0.717, 1.165) is 19.7 Å². The van der Waals surface area contributed by atoms with Crippen molar-refractivity contribution >= 4 is 45.5 Å². The highest BCUT2D eigenvalue weighted by molar-refractivity contribution is 14.1. The maximum absolute atomic E-state index is 13.2. The van der Waals surface area contributed by atoms with E-state index >= 15 is 0 Å². The van der Waals surface area contributed by atoms with Gasteiger partial charge >= 0.3 is 0 Å². The number of nitrogens with one attached hydrogen (secondary N) is 2. The molecule has 3 aromatic rings. The van der Waals surface area contributed by atoms with Crippen LogP contribution in [0.15, 0.2) is 66.0 Å². The van der Waals surface area contributed by atoms with Gasteiger partial charge in [-0.25, -0.2) is 4.39 Å². The van der Waals surface area contributed by atoms with Crippen LogP contribution in [0, 0.1) is 9.39 Å². The predicted octanol–water partition coefficient (Wildman–Crippen LogP) is 4.81. The second-order valence-electron chi connectivity index (χ2n) is 5.44. The molecule has 2 aromatic carbocycles. The first-order valence-corrected chi connectivity index (χ1v) is 9.65. The summed E-state index contributed by atoms with van der Waals surface area (Å²) < 4.78 is 14.3. The lowest BCUT2D eigenvalue weighted by atomic mass is 10.1. The third kappa shape index (κ3) is 5.10. The molecule has 1 unspecified atom stereocenters. The largest absolute Gasteiger partial charge is 0.325 e. The number of hydrogen-bond donors (Lipinski definition) is 2. The van der Waals surface area contributed by atoms with Gasteiger partial charge in [-0.1, -0.05) is 24.3 Å². The fourth-order valence-corrected chi connectivity index (χ4v) is 3.83. The average molecular weight is 466 g/mol. The number of benzene rings is 2. The average Bonchev–Trinajstić information content (AvgIpc) is 3.11. The Labute approximate surface area is 163 Å². The summed E-state index contributed by atoms with van der Waals surface area (Å²) in [6.07, 6.45) is 0. The molecular formula is C19H16FIN2OS. The topological polar surface area (TPSA) is 41.1 Å². The summed E-state index contributed by atoms with van der Waals surface area (Å²) >= 11 is 3.80. The van der Waals surface area contributed by atoms with E-state index < -0.39 is 0 Å². The number of hydrogen-bond acceptors (Lipinski definition) is 3. The van der Waals surface area contributed by atoms with Crippen molar-refractivity contribution in [3.8, 4) is 0 Å². The van der Waals surface area contributed by atoms with Crippen molar-refractivity contribution in [2.75, 3.05) is 11.9 Å². The molecule has 0 aliphatic carbocycles. The van der Waals surface area contributed by atoms with Crippen molar-refractivity contribution in [3.63, 3.8) is 0 Å². The summed E-state index contributed by atoms with van der Waals surface area (Å²) in [5, 5.41) is 8.13. The van der Waals surface area contributed by atoms with Gasteiger partial charge in [0.1, 0.15) is 5.82 Å². The molecule has 1 amide bonds. The predicted molar refractivity (Wildman–Crippen MR) is 108 cm³/mol. The highest BCUT2D eigenvalue weighted by Gasteiger charge is 2.16. The van der Waals surface area contributed by atoms with Gasteiger partial charge in [0.15, 0.2) is 0 Å². The second-order valence-corrected chi connectivity index (χ2v) is 7.66. The van der Waals surface area contributed by atoms with E-state index in [1.54, 1.807) is 23.5 Å². The van der Waals surface area contributed by atoms with Crippen LogP contribution in [-0.4, -0.2) is 12.5 Å². The Morgan fingerprint density at radius 2 is 1.92 bits per heavy atom. The molecule has 128 valence electrons. The third-order valence-corrected chi connectivity index (χ3v) is 5.21. The van der Waals surface area contributed by atoms with Crippen LogP contribution in [0.3, 0.4) is 0 Å². The lowest BCUT2D eigenvalue weighted by Gasteiger charge is -2.18. The summed E-state index contributed by atoms with van der Waals surface area (Å²) in [4.78, 5) is 13.3. The lowest BCUT2D eigenvalue weighted by molar-refractivity contribution is -0.115. The van der Waals surface area contributed by atoms with Gasteiger partial charge in [-0.05, 0) is 69.9 Å². The first-order valence-electron chi connectivity index (χ1n) is 7.69. The molecule has 0 aliphatic heterocycles. The molecule has 3 rings (SSSR count). The molecule has 25 heavy (non-hydrogen) atoms. The Morgan fingerprint density at radius 3 is 2.60 bits per heavy atom. The maximum Gasteiger partial charge on any atom is 0.238 e. The number of carbonyl (C=O) groups excluding carboxylic acids is 1. The van der Waals surface area contributed by atoms with Gasteiger partial charge in [0, 0.05) is 14.1 Å². The molecule has 1 heterocycles. The summed E-state index contributed by atoms with van der Waals surface area (Å²) in [6.45, 7) is 0.158. The van der Waals surface area contributed by atoms with Gasteiger partial charge < -0.3 is 5.32 Å². The molecule has 0 bridgehead atoms. The molecule has 0 aliphatic rings. The molecule has 1 atom stereocenters. The summed E-state index contributed by atoms with van der Waals surface area (Å²) in [7, 11) is 0. The van der Waals surface area contributed by atoms with Gasteiger partial charge in [-0.15, -0.1) is 11.3 Å². The highest BCUT2D eigenvalue weighted by Crippen LogP contribution is 2.26. The van der Waals surface area contributed by atoms with Crippen LogP contribution in [0.25, 0.3) is 0 Å². The number of halogens is 2. The van der Waals surface area contributed by atoms with Crippen molar-refractivity contribution in [2.45, 2.75) is 6.04 Å². The number of rotatable bonds is 6. The van der Waals surface area contributed by atoms with Crippen LogP contribution in [-0.2, 0) is 4.79 Å². The molecule has 1 aromatic heterocycles. The standard InChI is InChI=1S/C19H16FIN2OS/c20-14-8-6-13(7-9-14)19(17-5-2-10-25-17)22-12-18(24)23-16-4-1-3-15(21)11-16/h1-11,19,22H,12H2,(H,23,24). The fourth-order valence-electron chi connectivity index (χ4n) is 2.46. The van der Waals surface area contributed by atoms with E-state index in [9.17, 15) is 9.18 Å². The Bertz CT molecular complexity index is 837. The number of anilines is 1. The van der Waals surface area contributed by atoms with Gasteiger partial charge in [0.25, 0.3) is 0 Å². The lowest BCUT2D eigenvalue weighted by Crippen LogP contribution is -2.31. The van der Waals surface area contributed by atoms with Crippen molar-refractivity contribution in [2.24, 2.45) is 0 Å². The van der Waals surface area contributed by atoms with Gasteiger partial charge in [0.05, 0.1) is 12.6 Å². The second kappa shape index (κ2) is 8.55. The number of thiophene rings is 1.